The van der Waals surface area contributed by atoms with E-state index < -0.39 is 17.3 Å². The molecule has 1 aromatic carbocycles. The lowest BCUT2D eigenvalue weighted by molar-refractivity contribution is 0.214. The average Bonchev–Trinajstić information content (AvgIpc) is 3.18. The van der Waals surface area contributed by atoms with Crippen LogP contribution in [0.15, 0.2) is 45.5 Å². The number of hydrogen-bond acceptors (Lipinski definition) is 4. The van der Waals surface area contributed by atoms with Gasteiger partial charge in [0.2, 0.25) is 5.88 Å². The van der Waals surface area contributed by atoms with Crippen LogP contribution in [0.1, 0.15) is 61.9 Å². The van der Waals surface area contributed by atoms with Crippen LogP contribution in [-0.2, 0) is 13.0 Å². The molecular weight excluding hydrogens is 404 g/mol. The molecule has 1 atom stereocenters. The minimum atomic E-state index is -0.552. The summed E-state index contributed by atoms with van der Waals surface area (Å²) in [7, 11) is 0. The van der Waals surface area contributed by atoms with Crippen molar-refractivity contribution in [2.45, 2.75) is 58.0 Å². The molecule has 0 radical (unpaired) electrons. The first-order valence-electron chi connectivity index (χ1n) is 11.7. The quantitative estimate of drug-likeness (QED) is 0.535. The lowest BCUT2D eigenvalue weighted by atomic mass is 9.93. The zero-order valence-corrected chi connectivity index (χ0v) is 18.5. The summed E-state index contributed by atoms with van der Waals surface area (Å²) >= 11 is 0. The van der Waals surface area contributed by atoms with Crippen LogP contribution in [0.25, 0.3) is 10.9 Å². The molecule has 0 saturated heterocycles. The third kappa shape index (κ3) is 3.50. The summed E-state index contributed by atoms with van der Waals surface area (Å²) < 4.78 is 1.33. The fraction of sp³-hybridized carbons (Fsp3) is 0.440. The highest BCUT2D eigenvalue weighted by atomic mass is 16.3. The molecule has 3 aromatic rings. The van der Waals surface area contributed by atoms with E-state index in [1.807, 2.05) is 18.2 Å². The van der Waals surface area contributed by atoms with Gasteiger partial charge in [-0.25, -0.2) is 4.79 Å². The van der Waals surface area contributed by atoms with Crippen molar-refractivity contribution in [3.05, 3.63) is 73.6 Å². The van der Waals surface area contributed by atoms with Crippen LogP contribution in [0.2, 0.25) is 0 Å². The molecule has 0 unspecified atom stereocenters. The third-order valence-corrected chi connectivity index (χ3v) is 7.06. The van der Waals surface area contributed by atoms with E-state index in [0.717, 1.165) is 48.9 Å². The Morgan fingerprint density at radius 2 is 1.97 bits per heavy atom. The molecule has 0 spiro atoms. The van der Waals surface area contributed by atoms with E-state index in [2.05, 4.69) is 33.9 Å². The van der Waals surface area contributed by atoms with E-state index in [4.69, 9.17) is 0 Å². The summed E-state index contributed by atoms with van der Waals surface area (Å²) in [4.78, 5) is 33.8. The van der Waals surface area contributed by atoms with Gasteiger partial charge in [0, 0.05) is 29.7 Å². The van der Waals surface area contributed by atoms with Gasteiger partial charge < -0.3 is 10.1 Å². The number of nitrogens with one attached hydrogen (secondary N) is 2. The molecule has 0 bridgehead atoms. The standard InChI is InChI=1S/C25H30N4O3/c1-2-28-14-13-18-17-10-6-7-11-19(17)26-21(18)22(28)20-23(30)27-25(32)29(24(20)31)15-12-16-8-4-3-5-9-16/h6-8,10-11,22,26,31H,2-5,9,12-15H2,1H3,(H,27,30,32)/t22-/m1/s1. The molecule has 3 N–H and O–H groups in total. The highest BCUT2D eigenvalue weighted by Crippen LogP contribution is 2.39. The number of H-pyrrole nitrogens is 2. The van der Waals surface area contributed by atoms with Crippen molar-refractivity contribution < 1.29 is 5.11 Å². The smallest absolute Gasteiger partial charge is 0.331 e. The minimum Gasteiger partial charge on any atom is -0.494 e. The first-order chi connectivity index (χ1) is 15.6. The van der Waals surface area contributed by atoms with Gasteiger partial charge in [-0.05, 0) is 56.7 Å². The number of aromatic hydroxyl groups is 1. The molecule has 5 rings (SSSR count). The predicted molar refractivity (Wildman–Crippen MR) is 125 cm³/mol. The fourth-order valence-corrected chi connectivity index (χ4v) is 5.37. The zero-order chi connectivity index (χ0) is 22.2. The summed E-state index contributed by atoms with van der Waals surface area (Å²) in [6, 6.07) is 7.69. The summed E-state index contributed by atoms with van der Waals surface area (Å²) in [6.45, 7) is 3.92. The molecule has 1 aliphatic heterocycles. The van der Waals surface area contributed by atoms with E-state index in [1.165, 1.54) is 28.5 Å². The predicted octanol–water partition coefficient (Wildman–Crippen LogP) is 3.58. The molecule has 0 fully saturated rings. The second-order valence-corrected chi connectivity index (χ2v) is 8.85. The molecule has 2 aromatic heterocycles. The maximum absolute atomic E-state index is 13.0. The number of aromatic amines is 2. The topological polar surface area (TPSA) is 94.1 Å². The van der Waals surface area contributed by atoms with Gasteiger partial charge in [0.05, 0.1) is 6.04 Å². The van der Waals surface area contributed by atoms with E-state index in [-0.39, 0.29) is 11.4 Å². The number of allylic oxidation sites excluding steroid dienone is 2. The molecule has 0 saturated carbocycles. The molecular formula is C25H30N4O3. The van der Waals surface area contributed by atoms with Gasteiger partial charge in [0.25, 0.3) is 5.56 Å². The van der Waals surface area contributed by atoms with Crippen LogP contribution in [0.3, 0.4) is 0 Å². The summed E-state index contributed by atoms with van der Waals surface area (Å²) in [6.07, 6.45) is 8.31. The van der Waals surface area contributed by atoms with E-state index >= 15 is 0 Å². The SMILES string of the molecule is CCN1CCc2c([nH]c3ccccc23)[C@H]1c1c(O)n(CCC2=CCCCC2)c(=O)[nH]c1=O. The van der Waals surface area contributed by atoms with Crippen molar-refractivity contribution in [1.29, 1.82) is 0 Å². The maximum atomic E-state index is 13.0. The molecule has 2 aliphatic rings. The molecule has 168 valence electrons. The fourth-order valence-electron chi connectivity index (χ4n) is 5.37. The van der Waals surface area contributed by atoms with Crippen LogP contribution in [0, 0.1) is 0 Å². The van der Waals surface area contributed by atoms with Gasteiger partial charge in [0.15, 0.2) is 0 Å². The van der Waals surface area contributed by atoms with Gasteiger partial charge in [-0.2, -0.15) is 0 Å². The van der Waals surface area contributed by atoms with Gasteiger partial charge in [-0.1, -0.05) is 36.8 Å². The Morgan fingerprint density at radius 1 is 1.12 bits per heavy atom. The van der Waals surface area contributed by atoms with Crippen LogP contribution >= 0.6 is 0 Å². The molecule has 7 nitrogen and oxygen atoms in total. The second kappa shape index (κ2) is 8.47. The average molecular weight is 435 g/mol. The van der Waals surface area contributed by atoms with Crippen LogP contribution < -0.4 is 11.2 Å². The highest BCUT2D eigenvalue weighted by molar-refractivity contribution is 5.85. The van der Waals surface area contributed by atoms with E-state index in [9.17, 15) is 14.7 Å². The zero-order valence-electron chi connectivity index (χ0n) is 18.5. The number of aromatic nitrogens is 3. The van der Waals surface area contributed by atoms with Crippen molar-refractivity contribution in [1.82, 2.24) is 19.4 Å². The second-order valence-electron chi connectivity index (χ2n) is 8.85. The monoisotopic (exact) mass is 434 g/mol. The number of para-hydroxylation sites is 1. The number of fused-ring (bicyclic) bond motifs is 3. The Hall–Kier alpha value is -3.06. The Morgan fingerprint density at radius 3 is 2.75 bits per heavy atom. The summed E-state index contributed by atoms with van der Waals surface area (Å²) in [5.74, 6) is -0.217. The first-order valence-corrected chi connectivity index (χ1v) is 11.7. The molecule has 0 amide bonds. The number of hydrogen-bond donors (Lipinski definition) is 3. The number of benzene rings is 1. The minimum absolute atomic E-state index is 0.217. The Bertz CT molecular complexity index is 1300. The van der Waals surface area contributed by atoms with Crippen molar-refractivity contribution in [3.63, 3.8) is 0 Å². The van der Waals surface area contributed by atoms with Gasteiger partial charge in [-0.15, -0.1) is 0 Å². The van der Waals surface area contributed by atoms with Crippen molar-refractivity contribution in [3.8, 4) is 5.88 Å². The lowest BCUT2D eigenvalue weighted by Gasteiger charge is -2.35. The van der Waals surface area contributed by atoms with Gasteiger partial charge in [-0.3, -0.25) is 19.2 Å². The Labute approximate surface area is 186 Å². The lowest BCUT2D eigenvalue weighted by Crippen LogP contribution is -2.41. The van der Waals surface area contributed by atoms with Gasteiger partial charge >= 0.3 is 5.69 Å². The summed E-state index contributed by atoms with van der Waals surface area (Å²) in [5, 5.41) is 12.4. The molecule has 3 heterocycles. The van der Waals surface area contributed by atoms with Crippen LogP contribution in [0.5, 0.6) is 5.88 Å². The molecule has 1 aliphatic carbocycles. The number of likely N-dealkylation sites (N-methyl/N-ethyl adjacent to an activating group) is 1. The van der Waals surface area contributed by atoms with E-state index in [1.54, 1.807) is 0 Å². The van der Waals surface area contributed by atoms with Crippen molar-refractivity contribution in [2.75, 3.05) is 13.1 Å². The normalized spacial score (nSPS) is 19.2. The number of nitrogens with zero attached hydrogens (tertiary/aromatic N) is 2. The van der Waals surface area contributed by atoms with Crippen molar-refractivity contribution in [2.24, 2.45) is 0 Å². The maximum Gasteiger partial charge on any atom is 0.331 e. The largest absolute Gasteiger partial charge is 0.494 e. The van der Waals surface area contributed by atoms with Crippen LogP contribution in [0.4, 0.5) is 0 Å². The summed E-state index contributed by atoms with van der Waals surface area (Å²) in [5.41, 5.74) is 3.63. The van der Waals surface area contributed by atoms with Crippen molar-refractivity contribution >= 4 is 10.9 Å². The van der Waals surface area contributed by atoms with Gasteiger partial charge in [0.1, 0.15) is 5.56 Å². The number of rotatable bonds is 5. The highest BCUT2D eigenvalue weighted by Gasteiger charge is 2.35. The Balaban J connectivity index is 1.61. The molecule has 7 heteroatoms. The first kappa shape index (κ1) is 20.8. The molecule has 32 heavy (non-hydrogen) atoms. The Kier molecular flexibility index (Phi) is 5.51. The third-order valence-electron chi connectivity index (χ3n) is 7.06. The van der Waals surface area contributed by atoms with Crippen LogP contribution in [-0.4, -0.2) is 37.6 Å². The van der Waals surface area contributed by atoms with E-state index in [0.29, 0.717) is 13.0 Å².